The van der Waals surface area contributed by atoms with E-state index in [0.717, 1.165) is 16.7 Å². The average Bonchev–Trinajstić information content (AvgIpc) is 2.61. The Bertz CT molecular complexity index is 828. The number of nitrogens with one attached hydrogen (secondary N) is 1. The number of carbonyl (C=O) groups is 1. The molecule has 2 aromatic carbocycles. The summed E-state index contributed by atoms with van der Waals surface area (Å²) in [7, 11) is 1.61. The Morgan fingerprint density at radius 3 is 2.52 bits per heavy atom. The molecule has 0 radical (unpaired) electrons. The minimum atomic E-state index is -0.419. The Morgan fingerprint density at radius 2 is 1.88 bits per heavy atom. The molecule has 0 unspecified atom stereocenters. The first-order valence-corrected chi connectivity index (χ1v) is 7.98. The van der Waals surface area contributed by atoms with Crippen LogP contribution >= 0.6 is 0 Å². The first-order valence-electron chi connectivity index (χ1n) is 7.98. The molecule has 0 aromatic heterocycles. The quantitative estimate of drug-likeness (QED) is 0.490. The van der Waals surface area contributed by atoms with E-state index in [1.54, 1.807) is 20.1 Å². The van der Waals surface area contributed by atoms with Crippen LogP contribution in [0.4, 0.5) is 5.69 Å². The average molecular weight is 340 g/mol. The van der Waals surface area contributed by atoms with E-state index in [2.05, 4.69) is 5.32 Å². The molecule has 0 bridgehead atoms. The van der Waals surface area contributed by atoms with Gasteiger partial charge in [-0.2, -0.15) is 0 Å². The first kappa shape index (κ1) is 18.2. The molecule has 2 rings (SSSR count). The van der Waals surface area contributed by atoms with E-state index < -0.39 is 5.91 Å². The zero-order valence-electron chi connectivity index (χ0n) is 14.7. The molecule has 132 valence electrons. The number of methoxy groups -OCH3 is 1. The molecule has 7 N–H and O–H groups in total. The van der Waals surface area contributed by atoms with E-state index in [1.807, 2.05) is 37.3 Å². The van der Waals surface area contributed by atoms with Crippen molar-refractivity contribution in [2.45, 2.75) is 13.8 Å². The van der Waals surface area contributed by atoms with Gasteiger partial charge in [-0.25, -0.2) is 0 Å². The molecule has 0 fully saturated rings. The van der Waals surface area contributed by atoms with E-state index in [9.17, 15) is 4.79 Å². The summed E-state index contributed by atoms with van der Waals surface area (Å²) in [6.45, 7) is 4.26. The highest BCUT2D eigenvalue weighted by Crippen LogP contribution is 2.37. The number of rotatable bonds is 5. The molecule has 2 aromatic rings. The van der Waals surface area contributed by atoms with Crippen molar-refractivity contribution < 1.29 is 9.53 Å². The number of ether oxygens (including phenoxy) is 1. The number of hydrogen-bond acceptors (Lipinski definition) is 5. The minimum absolute atomic E-state index is 0.0538. The molecule has 0 aliphatic rings. The summed E-state index contributed by atoms with van der Waals surface area (Å²) < 4.78 is 5.44. The first-order chi connectivity index (χ1) is 11.9. The number of nitrogens with two attached hydrogens (primary N) is 3. The van der Waals surface area contributed by atoms with Crippen LogP contribution in [0.3, 0.4) is 0 Å². The number of carbonyl (C=O) groups excluding carboxylic acids is 1. The van der Waals surface area contributed by atoms with Gasteiger partial charge in [0.1, 0.15) is 11.4 Å². The van der Waals surface area contributed by atoms with Crippen LogP contribution in [-0.4, -0.2) is 19.6 Å². The third-order valence-electron chi connectivity index (χ3n) is 3.91. The summed E-state index contributed by atoms with van der Waals surface area (Å²) in [5.41, 5.74) is 22.1. The molecular formula is C19H24N4O2. The van der Waals surface area contributed by atoms with Gasteiger partial charge in [-0.05, 0) is 26.0 Å². The third-order valence-corrected chi connectivity index (χ3v) is 3.91. The Labute approximate surface area is 147 Å². The maximum atomic E-state index is 11.9. The van der Waals surface area contributed by atoms with Crippen molar-refractivity contribution in [1.29, 1.82) is 0 Å². The molecule has 6 nitrogen and oxygen atoms in total. The van der Waals surface area contributed by atoms with Crippen molar-refractivity contribution in [1.82, 2.24) is 5.32 Å². The van der Waals surface area contributed by atoms with Gasteiger partial charge in [-0.15, -0.1) is 0 Å². The largest absolute Gasteiger partial charge is 0.496 e. The number of benzene rings is 2. The SMILES string of the molecule is CCNC(=O)/C(N)=C(\N)c1cccc(-c2cc(C)ccc2OC)c1N. The van der Waals surface area contributed by atoms with Crippen LogP contribution in [0.5, 0.6) is 5.75 Å². The van der Waals surface area contributed by atoms with Crippen LogP contribution < -0.4 is 27.3 Å². The molecule has 0 spiro atoms. The lowest BCUT2D eigenvalue weighted by atomic mass is 9.96. The fraction of sp³-hybridized carbons (Fsp3) is 0.211. The smallest absolute Gasteiger partial charge is 0.269 e. The lowest BCUT2D eigenvalue weighted by molar-refractivity contribution is -0.117. The zero-order valence-corrected chi connectivity index (χ0v) is 14.7. The van der Waals surface area contributed by atoms with Gasteiger partial charge in [-0.3, -0.25) is 4.79 Å². The second kappa shape index (κ2) is 7.61. The summed E-state index contributed by atoms with van der Waals surface area (Å²) in [6.07, 6.45) is 0. The molecule has 0 aliphatic carbocycles. The Hall–Kier alpha value is -3.15. The molecule has 0 aliphatic heterocycles. The lowest BCUT2D eigenvalue weighted by Gasteiger charge is -2.16. The van der Waals surface area contributed by atoms with E-state index in [4.69, 9.17) is 21.9 Å². The fourth-order valence-electron chi connectivity index (χ4n) is 2.59. The maximum absolute atomic E-state index is 11.9. The Morgan fingerprint density at radius 1 is 1.16 bits per heavy atom. The zero-order chi connectivity index (χ0) is 18.6. The number of para-hydroxylation sites is 1. The third kappa shape index (κ3) is 3.68. The van der Waals surface area contributed by atoms with Gasteiger partial charge in [-0.1, -0.05) is 29.8 Å². The van der Waals surface area contributed by atoms with E-state index in [-0.39, 0.29) is 11.4 Å². The standard InChI is InChI=1S/C19H24N4O2/c1-4-23-19(24)18(22)17(21)13-7-5-6-12(16(13)20)14-10-11(2)8-9-15(14)25-3/h5-10H,4,20-22H2,1-3H3,(H,23,24)/b18-17+. The molecule has 0 atom stereocenters. The van der Waals surface area contributed by atoms with Gasteiger partial charge in [0.05, 0.1) is 12.8 Å². The number of hydrogen-bond donors (Lipinski definition) is 4. The van der Waals surface area contributed by atoms with Crippen molar-refractivity contribution in [3.63, 3.8) is 0 Å². The van der Waals surface area contributed by atoms with Crippen LogP contribution in [-0.2, 0) is 4.79 Å². The second-order valence-corrected chi connectivity index (χ2v) is 5.66. The number of likely N-dealkylation sites (N-methyl/N-ethyl adjacent to an activating group) is 1. The van der Waals surface area contributed by atoms with Crippen LogP contribution in [0.25, 0.3) is 16.8 Å². The van der Waals surface area contributed by atoms with Gasteiger partial charge in [0, 0.05) is 28.9 Å². The predicted molar refractivity (Wildman–Crippen MR) is 102 cm³/mol. The molecule has 0 saturated heterocycles. The monoisotopic (exact) mass is 340 g/mol. The molecule has 25 heavy (non-hydrogen) atoms. The summed E-state index contributed by atoms with van der Waals surface area (Å²) >= 11 is 0. The van der Waals surface area contributed by atoms with Crippen molar-refractivity contribution in [3.05, 3.63) is 53.2 Å². The highest BCUT2D eigenvalue weighted by atomic mass is 16.5. The van der Waals surface area contributed by atoms with Crippen LogP contribution in [0.15, 0.2) is 42.1 Å². The van der Waals surface area contributed by atoms with Crippen molar-refractivity contribution in [2.75, 3.05) is 19.4 Å². The van der Waals surface area contributed by atoms with Crippen molar-refractivity contribution in [3.8, 4) is 16.9 Å². The number of aryl methyl sites for hydroxylation is 1. The summed E-state index contributed by atoms with van der Waals surface area (Å²) in [5, 5.41) is 2.62. The molecular weight excluding hydrogens is 316 g/mol. The number of nitrogen functional groups attached to an aromatic ring is 1. The fourth-order valence-corrected chi connectivity index (χ4v) is 2.59. The normalized spacial score (nSPS) is 11.6. The molecule has 0 heterocycles. The van der Waals surface area contributed by atoms with E-state index in [0.29, 0.717) is 23.5 Å². The highest BCUT2D eigenvalue weighted by Gasteiger charge is 2.16. The summed E-state index contributed by atoms with van der Waals surface area (Å²) in [5.74, 6) is 0.284. The Kier molecular flexibility index (Phi) is 5.54. The number of amides is 1. The Balaban J connectivity index is 2.60. The van der Waals surface area contributed by atoms with Crippen LogP contribution in [0.1, 0.15) is 18.1 Å². The number of anilines is 1. The van der Waals surface area contributed by atoms with Gasteiger partial charge in [0.25, 0.3) is 5.91 Å². The van der Waals surface area contributed by atoms with Gasteiger partial charge in [0.15, 0.2) is 0 Å². The van der Waals surface area contributed by atoms with Crippen LogP contribution in [0, 0.1) is 6.92 Å². The van der Waals surface area contributed by atoms with Gasteiger partial charge in [0.2, 0.25) is 0 Å². The maximum Gasteiger partial charge on any atom is 0.269 e. The van der Waals surface area contributed by atoms with Crippen LogP contribution in [0.2, 0.25) is 0 Å². The topological polar surface area (TPSA) is 116 Å². The summed E-state index contributed by atoms with van der Waals surface area (Å²) in [4.78, 5) is 11.9. The van der Waals surface area contributed by atoms with E-state index >= 15 is 0 Å². The lowest BCUT2D eigenvalue weighted by Crippen LogP contribution is -2.30. The van der Waals surface area contributed by atoms with Gasteiger partial charge < -0.3 is 27.3 Å². The van der Waals surface area contributed by atoms with Crippen molar-refractivity contribution in [2.24, 2.45) is 11.5 Å². The molecule has 1 amide bonds. The molecule has 0 saturated carbocycles. The van der Waals surface area contributed by atoms with Crippen molar-refractivity contribution >= 4 is 17.3 Å². The van der Waals surface area contributed by atoms with E-state index in [1.165, 1.54) is 0 Å². The van der Waals surface area contributed by atoms with Gasteiger partial charge >= 0.3 is 0 Å². The molecule has 6 heteroatoms. The highest BCUT2D eigenvalue weighted by molar-refractivity contribution is 6.01. The second-order valence-electron chi connectivity index (χ2n) is 5.66. The minimum Gasteiger partial charge on any atom is -0.496 e. The predicted octanol–water partition coefficient (Wildman–Crippen LogP) is 1.97. The summed E-state index contributed by atoms with van der Waals surface area (Å²) in [6, 6.07) is 11.3.